The molecule has 0 aliphatic rings. The average Bonchev–Trinajstić information content (AvgIpc) is 2.38. The maximum Gasteiger partial charge on any atom is 0.242 e. The highest BCUT2D eigenvalue weighted by Crippen LogP contribution is 2.20. The first-order valence-electron chi connectivity index (χ1n) is 5.87. The summed E-state index contributed by atoms with van der Waals surface area (Å²) in [5.41, 5.74) is 7.10. The van der Waals surface area contributed by atoms with Crippen LogP contribution in [0.25, 0.3) is 0 Å². The molecule has 2 rings (SSSR count). The van der Waals surface area contributed by atoms with Crippen molar-refractivity contribution in [3.05, 3.63) is 52.8 Å². The Kier molecular flexibility index (Phi) is 4.42. The van der Waals surface area contributed by atoms with Crippen LogP contribution in [0.2, 0.25) is 0 Å². The first kappa shape index (κ1) is 15.0. The van der Waals surface area contributed by atoms with E-state index in [0.29, 0.717) is 10.2 Å². The molecule has 0 saturated carbocycles. The lowest BCUT2D eigenvalue weighted by atomic mass is 10.1. The number of nitrogens with two attached hydrogens (primary N) is 1. The molecule has 1 atom stereocenters. The molecule has 0 radical (unpaired) electrons. The molecule has 1 heterocycles. The van der Waals surface area contributed by atoms with Gasteiger partial charge >= 0.3 is 0 Å². The van der Waals surface area contributed by atoms with E-state index in [0.717, 1.165) is 5.56 Å². The Hall–Kier alpha value is -1.44. The SMILES string of the molecule is CC(NS(=O)(=O)c1cncc(Br)c1)c1cccc(N)c1. The third-order valence-corrected chi connectivity index (χ3v) is 4.67. The summed E-state index contributed by atoms with van der Waals surface area (Å²) in [5.74, 6) is 0. The largest absolute Gasteiger partial charge is 0.399 e. The monoisotopic (exact) mass is 355 g/mol. The van der Waals surface area contributed by atoms with E-state index < -0.39 is 10.0 Å². The molecule has 0 aliphatic heterocycles. The van der Waals surface area contributed by atoms with Crippen molar-refractivity contribution in [1.82, 2.24) is 9.71 Å². The van der Waals surface area contributed by atoms with Crippen molar-refractivity contribution in [3.8, 4) is 0 Å². The molecule has 0 saturated heterocycles. The zero-order valence-electron chi connectivity index (χ0n) is 10.7. The van der Waals surface area contributed by atoms with Crippen LogP contribution in [-0.2, 0) is 10.0 Å². The van der Waals surface area contributed by atoms with Crippen LogP contribution in [0.5, 0.6) is 0 Å². The van der Waals surface area contributed by atoms with Crippen molar-refractivity contribution in [2.45, 2.75) is 17.9 Å². The fourth-order valence-electron chi connectivity index (χ4n) is 1.74. The molecule has 0 spiro atoms. The van der Waals surface area contributed by atoms with Gasteiger partial charge in [0.25, 0.3) is 0 Å². The molecule has 3 N–H and O–H groups in total. The second-order valence-electron chi connectivity index (χ2n) is 4.35. The summed E-state index contributed by atoms with van der Waals surface area (Å²) in [5, 5.41) is 0. The van der Waals surface area contributed by atoms with Gasteiger partial charge in [-0.15, -0.1) is 0 Å². The van der Waals surface area contributed by atoms with E-state index in [2.05, 4.69) is 25.6 Å². The fourth-order valence-corrected chi connectivity index (χ4v) is 3.47. The van der Waals surface area contributed by atoms with E-state index >= 15 is 0 Å². The van der Waals surface area contributed by atoms with Crippen LogP contribution in [0.3, 0.4) is 0 Å². The number of aromatic nitrogens is 1. The molecule has 7 heteroatoms. The van der Waals surface area contributed by atoms with E-state index in [-0.39, 0.29) is 10.9 Å². The molecular formula is C13H14BrN3O2S. The number of anilines is 1. The Morgan fingerprint density at radius 2 is 2.05 bits per heavy atom. The number of hydrogen-bond donors (Lipinski definition) is 2. The first-order chi connectivity index (χ1) is 9.38. The summed E-state index contributed by atoms with van der Waals surface area (Å²) in [6, 6.07) is 8.22. The van der Waals surface area contributed by atoms with Crippen LogP contribution in [-0.4, -0.2) is 13.4 Å². The molecule has 0 amide bonds. The fraction of sp³-hybridized carbons (Fsp3) is 0.154. The van der Waals surface area contributed by atoms with Gasteiger partial charge in [-0.25, -0.2) is 13.1 Å². The van der Waals surface area contributed by atoms with Gasteiger partial charge in [-0.2, -0.15) is 0 Å². The molecule has 1 unspecified atom stereocenters. The predicted molar refractivity (Wildman–Crippen MR) is 81.5 cm³/mol. The number of sulfonamides is 1. The van der Waals surface area contributed by atoms with Crippen molar-refractivity contribution >= 4 is 31.6 Å². The highest BCUT2D eigenvalue weighted by molar-refractivity contribution is 9.10. The zero-order valence-corrected chi connectivity index (χ0v) is 13.1. The molecule has 1 aromatic carbocycles. The van der Waals surface area contributed by atoms with E-state index in [1.165, 1.54) is 18.5 Å². The van der Waals surface area contributed by atoms with Gasteiger partial charge in [0.1, 0.15) is 4.90 Å². The van der Waals surface area contributed by atoms with Gasteiger partial charge in [-0.3, -0.25) is 4.98 Å². The van der Waals surface area contributed by atoms with Crippen LogP contribution in [0.15, 0.2) is 52.1 Å². The Bertz CT molecular complexity index is 719. The van der Waals surface area contributed by atoms with Gasteiger partial charge in [0.05, 0.1) is 0 Å². The van der Waals surface area contributed by atoms with Crippen molar-refractivity contribution < 1.29 is 8.42 Å². The third kappa shape index (κ3) is 3.56. The molecular weight excluding hydrogens is 342 g/mol. The molecule has 20 heavy (non-hydrogen) atoms. The minimum absolute atomic E-state index is 0.114. The highest BCUT2D eigenvalue weighted by Gasteiger charge is 2.19. The van der Waals surface area contributed by atoms with Gasteiger partial charge in [-0.1, -0.05) is 12.1 Å². The van der Waals surface area contributed by atoms with Crippen LogP contribution in [0, 0.1) is 0 Å². The van der Waals surface area contributed by atoms with Gasteiger partial charge < -0.3 is 5.73 Å². The maximum atomic E-state index is 12.2. The number of benzene rings is 1. The second kappa shape index (κ2) is 5.90. The van der Waals surface area contributed by atoms with E-state index in [1.54, 1.807) is 25.1 Å². The third-order valence-electron chi connectivity index (χ3n) is 2.73. The number of nitrogens with one attached hydrogen (secondary N) is 1. The second-order valence-corrected chi connectivity index (χ2v) is 6.98. The highest BCUT2D eigenvalue weighted by atomic mass is 79.9. The van der Waals surface area contributed by atoms with Gasteiger partial charge in [0, 0.05) is 28.6 Å². The van der Waals surface area contributed by atoms with E-state index in [4.69, 9.17) is 5.73 Å². The molecule has 1 aromatic heterocycles. The smallest absolute Gasteiger partial charge is 0.242 e. The summed E-state index contributed by atoms with van der Waals surface area (Å²) in [7, 11) is -3.63. The summed E-state index contributed by atoms with van der Waals surface area (Å²) in [6.07, 6.45) is 2.83. The van der Waals surface area contributed by atoms with Crippen molar-refractivity contribution in [2.75, 3.05) is 5.73 Å². The lowest BCUT2D eigenvalue weighted by Gasteiger charge is -2.15. The number of nitrogens with zero attached hydrogens (tertiary/aromatic N) is 1. The minimum atomic E-state index is -3.63. The minimum Gasteiger partial charge on any atom is -0.399 e. The topological polar surface area (TPSA) is 85.1 Å². The number of nitrogen functional groups attached to an aromatic ring is 1. The molecule has 0 fully saturated rings. The van der Waals surface area contributed by atoms with Crippen LogP contribution in [0.4, 0.5) is 5.69 Å². The van der Waals surface area contributed by atoms with Crippen LogP contribution in [0.1, 0.15) is 18.5 Å². The van der Waals surface area contributed by atoms with Gasteiger partial charge in [0.15, 0.2) is 0 Å². The molecule has 2 aromatic rings. The number of halogens is 1. The van der Waals surface area contributed by atoms with E-state index in [1.807, 2.05) is 6.07 Å². The molecule has 5 nitrogen and oxygen atoms in total. The summed E-state index contributed by atoms with van der Waals surface area (Å²) >= 11 is 3.20. The summed E-state index contributed by atoms with van der Waals surface area (Å²) in [4.78, 5) is 3.97. The Balaban J connectivity index is 2.24. The molecule has 0 bridgehead atoms. The van der Waals surface area contributed by atoms with Crippen molar-refractivity contribution in [2.24, 2.45) is 0 Å². The average molecular weight is 356 g/mol. The zero-order chi connectivity index (χ0) is 14.8. The molecule has 0 aliphatic carbocycles. The van der Waals surface area contributed by atoms with Crippen molar-refractivity contribution in [1.29, 1.82) is 0 Å². The van der Waals surface area contributed by atoms with Crippen LogP contribution < -0.4 is 10.5 Å². The summed E-state index contributed by atoms with van der Waals surface area (Å²) in [6.45, 7) is 1.76. The number of hydrogen-bond acceptors (Lipinski definition) is 4. The van der Waals surface area contributed by atoms with E-state index in [9.17, 15) is 8.42 Å². The Morgan fingerprint density at radius 1 is 1.30 bits per heavy atom. The lowest BCUT2D eigenvalue weighted by molar-refractivity contribution is 0.566. The van der Waals surface area contributed by atoms with Crippen LogP contribution >= 0.6 is 15.9 Å². The molecule has 106 valence electrons. The Labute approximate surface area is 126 Å². The van der Waals surface area contributed by atoms with Gasteiger partial charge in [0.2, 0.25) is 10.0 Å². The number of pyridine rings is 1. The van der Waals surface area contributed by atoms with Gasteiger partial charge in [-0.05, 0) is 46.6 Å². The quantitative estimate of drug-likeness (QED) is 0.825. The normalized spacial score (nSPS) is 13.1. The van der Waals surface area contributed by atoms with Crippen molar-refractivity contribution in [3.63, 3.8) is 0 Å². The lowest BCUT2D eigenvalue weighted by Crippen LogP contribution is -2.27. The number of rotatable bonds is 4. The maximum absolute atomic E-state index is 12.2. The first-order valence-corrected chi connectivity index (χ1v) is 8.14. The predicted octanol–water partition coefficient (Wildman–Crippen LogP) is 2.47. The standard InChI is InChI=1S/C13H14BrN3O2S/c1-9(10-3-2-4-12(15)5-10)17-20(18,19)13-6-11(14)7-16-8-13/h2-9,17H,15H2,1H3. The summed E-state index contributed by atoms with van der Waals surface area (Å²) < 4.78 is 27.7. The Morgan fingerprint density at radius 3 is 2.70 bits per heavy atom.